The maximum atomic E-state index is 13.4. The van der Waals surface area contributed by atoms with Crippen LogP contribution in [-0.2, 0) is 52.3 Å². The van der Waals surface area contributed by atoms with Gasteiger partial charge in [-0.3, -0.25) is 14.4 Å². The van der Waals surface area contributed by atoms with Crippen molar-refractivity contribution in [2.75, 3.05) is 7.11 Å². The van der Waals surface area contributed by atoms with E-state index in [9.17, 15) is 34.5 Å². The van der Waals surface area contributed by atoms with Gasteiger partial charge < -0.3 is 48.5 Å². The molecule has 14 heteroatoms. The number of ether oxygens (including phenoxy) is 7. The highest BCUT2D eigenvalue weighted by Gasteiger charge is 2.58. The minimum absolute atomic E-state index is 0.0372. The Kier molecular flexibility index (Phi) is 16.9. The first-order valence-electron chi connectivity index (χ1n) is 20.6. The van der Waals surface area contributed by atoms with Crippen LogP contribution >= 0.6 is 0 Å². The molecule has 4 rings (SSSR count). The second kappa shape index (κ2) is 20.7. The number of hydrogen-bond donors (Lipinski definition) is 3. The number of rotatable bonds is 10. The zero-order valence-electron chi connectivity index (χ0n) is 34.2. The highest BCUT2D eigenvalue weighted by atomic mass is 16.7. The van der Waals surface area contributed by atoms with E-state index in [4.69, 9.17) is 33.2 Å². The van der Waals surface area contributed by atoms with Gasteiger partial charge in [-0.15, -0.1) is 0 Å². The fourth-order valence-corrected chi connectivity index (χ4v) is 8.29. The standard InChI is InChI=1S/C42H66O14/c1-7-8-9-10-11-17-36(45)54-39-29(22-37(46)50-6)21-34-25-35(27(2)51-28(3)43)53-38(47)24-30(44)23-32-16-13-19-41(48,55-32)26-33-15-12-14-31(52-33)18-20-40(4,5)42(39,49)56-34/h18,20,22,27,30-35,39,44,48-49H,7-17,19,21,23-26H2,1-6H3/b20-18-,29-22+/t27-,30-,31-,32+,33+,34+,35-,39+,41-,42-/m1/s1. The number of carbonyl (C=O) groups excluding carboxylic acids is 4. The lowest BCUT2D eigenvalue weighted by molar-refractivity contribution is -0.327. The molecule has 6 bridgehead atoms. The molecule has 10 atom stereocenters. The van der Waals surface area contributed by atoms with Gasteiger partial charge in [0.05, 0.1) is 44.1 Å². The predicted octanol–water partition coefficient (Wildman–Crippen LogP) is 5.41. The van der Waals surface area contributed by atoms with Crippen molar-refractivity contribution in [1.82, 2.24) is 0 Å². The number of fused-ring (bicyclic) bond motifs is 6. The van der Waals surface area contributed by atoms with E-state index in [0.717, 1.165) is 32.1 Å². The van der Waals surface area contributed by atoms with Crippen LogP contribution in [0.15, 0.2) is 23.8 Å². The number of esters is 4. The molecule has 4 heterocycles. The Balaban J connectivity index is 1.76. The first-order valence-corrected chi connectivity index (χ1v) is 20.6. The zero-order chi connectivity index (χ0) is 41.1. The molecule has 4 aliphatic rings. The summed E-state index contributed by atoms with van der Waals surface area (Å²) in [5, 5.41) is 35.4. The first kappa shape index (κ1) is 45.8. The summed E-state index contributed by atoms with van der Waals surface area (Å²) in [4.78, 5) is 51.7. The van der Waals surface area contributed by atoms with Crippen molar-refractivity contribution >= 4 is 23.9 Å². The lowest BCUT2D eigenvalue weighted by Gasteiger charge is -2.51. The average Bonchev–Trinajstić information content (AvgIpc) is 3.11. The highest BCUT2D eigenvalue weighted by Crippen LogP contribution is 2.47. The number of aliphatic hydroxyl groups excluding tert-OH is 1. The summed E-state index contributed by atoms with van der Waals surface area (Å²) >= 11 is 0. The molecule has 3 saturated heterocycles. The molecule has 0 amide bonds. The molecule has 14 nitrogen and oxygen atoms in total. The number of aliphatic hydroxyl groups is 3. The van der Waals surface area contributed by atoms with E-state index >= 15 is 0 Å². The molecule has 3 N–H and O–H groups in total. The fourth-order valence-electron chi connectivity index (χ4n) is 8.29. The Labute approximate surface area is 331 Å². The molecule has 0 aliphatic carbocycles. The number of hydrogen-bond acceptors (Lipinski definition) is 14. The van der Waals surface area contributed by atoms with Crippen LogP contribution in [0.4, 0.5) is 0 Å². The first-order chi connectivity index (χ1) is 26.5. The molecule has 0 aromatic heterocycles. The summed E-state index contributed by atoms with van der Waals surface area (Å²) in [6.07, 6.45) is 6.18. The van der Waals surface area contributed by atoms with E-state index in [2.05, 4.69) is 6.92 Å². The monoisotopic (exact) mass is 794 g/mol. The maximum absolute atomic E-state index is 13.4. The van der Waals surface area contributed by atoms with Gasteiger partial charge in [-0.05, 0) is 57.4 Å². The van der Waals surface area contributed by atoms with E-state index in [1.54, 1.807) is 26.8 Å². The molecule has 318 valence electrons. The van der Waals surface area contributed by atoms with Gasteiger partial charge in [0.25, 0.3) is 0 Å². The van der Waals surface area contributed by atoms with Gasteiger partial charge in [0, 0.05) is 50.5 Å². The van der Waals surface area contributed by atoms with E-state index in [-0.39, 0.29) is 49.9 Å². The topological polar surface area (TPSA) is 194 Å². The molecular weight excluding hydrogens is 728 g/mol. The molecule has 0 unspecified atom stereocenters. The van der Waals surface area contributed by atoms with Gasteiger partial charge in [0.2, 0.25) is 5.79 Å². The quantitative estimate of drug-likeness (QED) is 0.0836. The minimum Gasteiger partial charge on any atom is -0.466 e. The third-order valence-electron chi connectivity index (χ3n) is 11.4. The molecule has 56 heavy (non-hydrogen) atoms. The molecule has 4 aliphatic heterocycles. The summed E-state index contributed by atoms with van der Waals surface area (Å²) < 4.78 is 41.5. The van der Waals surface area contributed by atoms with E-state index in [1.165, 1.54) is 20.1 Å². The summed E-state index contributed by atoms with van der Waals surface area (Å²) in [6.45, 7) is 8.33. The van der Waals surface area contributed by atoms with Crippen molar-refractivity contribution in [1.29, 1.82) is 0 Å². The maximum Gasteiger partial charge on any atom is 0.330 e. The molecular formula is C42H66O14. The van der Waals surface area contributed by atoms with Gasteiger partial charge in [0.15, 0.2) is 11.9 Å². The fraction of sp³-hybridized carbons (Fsp3) is 0.810. The number of unbranched alkanes of at least 4 members (excludes halogenated alkanes) is 4. The van der Waals surface area contributed by atoms with Crippen LogP contribution in [0, 0.1) is 5.41 Å². The van der Waals surface area contributed by atoms with E-state index < -0.39 is 83.9 Å². The van der Waals surface area contributed by atoms with Crippen LogP contribution < -0.4 is 0 Å². The van der Waals surface area contributed by atoms with Crippen molar-refractivity contribution < 1.29 is 67.7 Å². The van der Waals surface area contributed by atoms with Gasteiger partial charge in [-0.1, -0.05) is 58.6 Å². The summed E-state index contributed by atoms with van der Waals surface area (Å²) in [5.41, 5.74) is -1.08. The van der Waals surface area contributed by atoms with Crippen LogP contribution in [-0.4, -0.2) is 107 Å². The number of methoxy groups -OCH3 is 1. The normalized spacial score (nSPS) is 36.0. The molecule has 3 fully saturated rings. The van der Waals surface area contributed by atoms with Gasteiger partial charge in [-0.2, -0.15) is 0 Å². The summed E-state index contributed by atoms with van der Waals surface area (Å²) in [5.74, 6) is -6.45. The molecule has 0 saturated carbocycles. The van der Waals surface area contributed by atoms with Crippen molar-refractivity contribution in [3.05, 3.63) is 23.8 Å². The second-order valence-corrected chi connectivity index (χ2v) is 16.7. The van der Waals surface area contributed by atoms with Crippen LogP contribution in [0.1, 0.15) is 144 Å². The lowest BCUT2D eigenvalue weighted by Crippen LogP contribution is -2.62. The molecule has 0 aromatic rings. The Morgan fingerprint density at radius 2 is 1.71 bits per heavy atom. The van der Waals surface area contributed by atoms with Crippen LogP contribution in [0.3, 0.4) is 0 Å². The van der Waals surface area contributed by atoms with Crippen LogP contribution in [0.25, 0.3) is 0 Å². The van der Waals surface area contributed by atoms with E-state index in [1.807, 2.05) is 6.08 Å². The number of cyclic esters (lactones) is 1. The average molecular weight is 795 g/mol. The molecule has 0 radical (unpaired) electrons. The van der Waals surface area contributed by atoms with Gasteiger partial charge in [0.1, 0.15) is 12.2 Å². The summed E-state index contributed by atoms with van der Waals surface area (Å²) in [6, 6.07) is 0. The van der Waals surface area contributed by atoms with Crippen LogP contribution in [0.5, 0.6) is 0 Å². The Hall–Kier alpha value is -2.88. The Morgan fingerprint density at radius 1 is 0.982 bits per heavy atom. The van der Waals surface area contributed by atoms with Crippen molar-refractivity contribution in [2.24, 2.45) is 5.41 Å². The van der Waals surface area contributed by atoms with Gasteiger partial charge >= 0.3 is 23.9 Å². The lowest BCUT2D eigenvalue weighted by atomic mass is 9.74. The third-order valence-corrected chi connectivity index (χ3v) is 11.4. The Bertz CT molecular complexity index is 1390. The van der Waals surface area contributed by atoms with Crippen molar-refractivity contribution in [3.63, 3.8) is 0 Å². The SMILES string of the molecule is CCCCCCCC(=O)O[C@H]1/C(=C/C(=O)OC)C[C@H]2C[C@H]([C@@H](C)OC(C)=O)OC(=O)C[C@H](O)C[C@@H]3CCC[C@](O)(C[C@@H]4CCC[C@H](/C=C\C(C)(C)[C@]1(O)O2)O4)O3. The summed E-state index contributed by atoms with van der Waals surface area (Å²) in [7, 11) is 1.21. The highest BCUT2D eigenvalue weighted by molar-refractivity contribution is 5.83. The second-order valence-electron chi connectivity index (χ2n) is 16.7. The molecule has 0 spiro atoms. The number of carbonyl (C=O) groups is 4. The third kappa shape index (κ3) is 13.1. The smallest absolute Gasteiger partial charge is 0.330 e. The van der Waals surface area contributed by atoms with E-state index in [0.29, 0.717) is 38.5 Å². The minimum atomic E-state index is -2.28. The Morgan fingerprint density at radius 3 is 2.43 bits per heavy atom. The van der Waals surface area contributed by atoms with Crippen molar-refractivity contribution in [3.8, 4) is 0 Å². The largest absolute Gasteiger partial charge is 0.466 e. The molecule has 0 aromatic carbocycles. The van der Waals surface area contributed by atoms with Gasteiger partial charge in [-0.25, -0.2) is 4.79 Å². The van der Waals surface area contributed by atoms with Crippen molar-refractivity contribution in [2.45, 2.75) is 204 Å². The zero-order valence-corrected chi connectivity index (χ0v) is 34.2. The van der Waals surface area contributed by atoms with Crippen LogP contribution in [0.2, 0.25) is 0 Å². The predicted molar refractivity (Wildman–Crippen MR) is 202 cm³/mol.